The Morgan fingerprint density at radius 1 is 1.07 bits per heavy atom. The first kappa shape index (κ1) is 20.0. The van der Waals surface area contributed by atoms with Crippen LogP contribution in [0.25, 0.3) is 5.78 Å². The highest BCUT2D eigenvalue weighted by Crippen LogP contribution is 2.25. The van der Waals surface area contributed by atoms with Gasteiger partial charge in [0.05, 0.1) is 4.90 Å². The molecule has 4 aromatic rings. The molecule has 0 bridgehead atoms. The van der Waals surface area contributed by atoms with Crippen molar-refractivity contribution in [3.8, 4) is 11.5 Å². The molecule has 0 aliphatic rings. The topological polar surface area (TPSA) is 98.5 Å². The quantitative estimate of drug-likeness (QED) is 0.437. The van der Waals surface area contributed by atoms with Crippen molar-refractivity contribution in [1.82, 2.24) is 24.3 Å². The van der Waals surface area contributed by atoms with Crippen LogP contribution in [0.2, 0.25) is 0 Å². The molecule has 0 amide bonds. The fourth-order valence-corrected chi connectivity index (χ4v) is 4.03. The molecule has 0 radical (unpaired) electrons. The third-order valence-electron chi connectivity index (χ3n) is 4.58. The minimum atomic E-state index is -3.59. The van der Waals surface area contributed by atoms with E-state index >= 15 is 0 Å². The van der Waals surface area contributed by atoms with Crippen LogP contribution in [0.4, 0.5) is 0 Å². The number of aromatic nitrogens is 4. The van der Waals surface area contributed by atoms with E-state index in [9.17, 15) is 8.42 Å². The van der Waals surface area contributed by atoms with Crippen LogP contribution in [0.1, 0.15) is 17.5 Å². The summed E-state index contributed by atoms with van der Waals surface area (Å²) in [6.45, 7) is 2.28. The van der Waals surface area contributed by atoms with E-state index in [-0.39, 0.29) is 4.90 Å². The summed E-state index contributed by atoms with van der Waals surface area (Å²) in [5.41, 5.74) is 1.97. The van der Waals surface area contributed by atoms with E-state index in [0.717, 1.165) is 16.9 Å². The zero-order chi connectivity index (χ0) is 21.0. The molecule has 0 unspecified atom stereocenters. The summed E-state index contributed by atoms with van der Waals surface area (Å²) in [6, 6.07) is 14.0. The summed E-state index contributed by atoms with van der Waals surface area (Å²) in [6.07, 6.45) is 6.32. The maximum Gasteiger partial charge on any atom is 0.252 e. The number of nitrogens with one attached hydrogen (secondary N) is 1. The highest BCUT2D eigenvalue weighted by atomic mass is 32.2. The summed E-state index contributed by atoms with van der Waals surface area (Å²) in [7, 11) is -3.59. The number of fused-ring (bicyclic) bond motifs is 1. The molecule has 0 aliphatic carbocycles. The number of aryl methyl sites for hydroxylation is 2. The average Bonchev–Trinajstić information content (AvgIpc) is 3.21. The fraction of sp³-hybridized carbons (Fsp3) is 0.190. The number of hydrogen-bond acceptors (Lipinski definition) is 6. The van der Waals surface area contributed by atoms with Crippen LogP contribution in [0, 0.1) is 6.92 Å². The molecule has 154 valence electrons. The second-order valence-electron chi connectivity index (χ2n) is 6.81. The lowest BCUT2D eigenvalue weighted by Crippen LogP contribution is -2.25. The third-order valence-corrected chi connectivity index (χ3v) is 6.05. The number of rotatable bonds is 8. The molecule has 2 aromatic carbocycles. The van der Waals surface area contributed by atoms with Crippen LogP contribution in [0.15, 0.2) is 72.1 Å². The van der Waals surface area contributed by atoms with Gasteiger partial charge in [0.1, 0.15) is 17.8 Å². The van der Waals surface area contributed by atoms with Crippen molar-refractivity contribution in [2.75, 3.05) is 6.54 Å². The summed E-state index contributed by atoms with van der Waals surface area (Å²) < 4.78 is 35.1. The Morgan fingerprint density at radius 3 is 2.67 bits per heavy atom. The molecule has 2 aromatic heterocycles. The maximum atomic E-state index is 12.5. The van der Waals surface area contributed by atoms with Crippen molar-refractivity contribution in [2.24, 2.45) is 0 Å². The monoisotopic (exact) mass is 423 g/mol. The highest BCUT2D eigenvalue weighted by Gasteiger charge is 2.13. The van der Waals surface area contributed by atoms with Gasteiger partial charge in [-0.2, -0.15) is 10.1 Å². The van der Waals surface area contributed by atoms with E-state index in [1.54, 1.807) is 35.0 Å². The number of sulfonamides is 1. The molecule has 0 spiro atoms. The number of ether oxygens (including phenoxy) is 1. The van der Waals surface area contributed by atoms with Crippen molar-refractivity contribution < 1.29 is 13.2 Å². The first-order valence-corrected chi connectivity index (χ1v) is 11.0. The average molecular weight is 423 g/mol. The summed E-state index contributed by atoms with van der Waals surface area (Å²) in [5.74, 6) is 1.86. The molecule has 0 atom stereocenters. The molecule has 4 rings (SSSR count). The first-order valence-electron chi connectivity index (χ1n) is 9.49. The molecular formula is C21H21N5O3S. The maximum absolute atomic E-state index is 12.5. The van der Waals surface area contributed by atoms with Gasteiger partial charge in [-0.05, 0) is 61.2 Å². The van der Waals surface area contributed by atoms with Gasteiger partial charge in [-0.3, -0.25) is 0 Å². The van der Waals surface area contributed by atoms with E-state index in [4.69, 9.17) is 4.74 Å². The molecule has 30 heavy (non-hydrogen) atoms. The van der Waals surface area contributed by atoms with Gasteiger partial charge in [0, 0.05) is 18.9 Å². The second kappa shape index (κ2) is 8.60. The Hall–Kier alpha value is -3.30. The lowest BCUT2D eigenvalue weighted by Gasteiger charge is -2.10. The molecule has 2 heterocycles. The Labute approximate surface area is 174 Å². The number of nitrogens with zero attached hydrogens (tertiary/aromatic N) is 4. The Bertz CT molecular complexity index is 1250. The van der Waals surface area contributed by atoms with Gasteiger partial charge in [0.25, 0.3) is 5.78 Å². The molecule has 0 aliphatic heterocycles. The van der Waals surface area contributed by atoms with Crippen LogP contribution < -0.4 is 9.46 Å². The summed E-state index contributed by atoms with van der Waals surface area (Å²) in [4.78, 5) is 8.39. The fourth-order valence-electron chi connectivity index (χ4n) is 2.95. The van der Waals surface area contributed by atoms with Crippen LogP contribution in [0.5, 0.6) is 11.5 Å². The van der Waals surface area contributed by atoms with Gasteiger partial charge in [-0.1, -0.05) is 18.2 Å². The lowest BCUT2D eigenvalue weighted by atomic mass is 10.2. The van der Waals surface area contributed by atoms with Gasteiger partial charge in [0.2, 0.25) is 10.0 Å². The summed E-state index contributed by atoms with van der Waals surface area (Å²) >= 11 is 0. The molecular weight excluding hydrogens is 402 g/mol. The Balaban J connectivity index is 1.32. The van der Waals surface area contributed by atoms with Crippen molar-refractivity contribution >= 4 is 15.8 Å². The SMILES string of the molecule is Cc1ccccc1Oc1ccc(S(=O)(=O)NCCCc2cnc3ncnn3c2)cc1. The normalized spacial score (nSPS) is 11.6. The molecule has 0 fully saturated rings. The zero-order valence-electron chi connectivity index (χ0n) is 16.4. The largest absolute Gasteiger partial charge is 0.457 e. The third kappa shape index (κ3) is 4.64. The molecule has 8 nitrogen and oxygen atoms in total. The zero-order valence-corrected chi connectivity index (χ0v) is 17.2. The van der Waals surface area contributed by atoms with Crippen molar-refractivity contribution in [2.45, 2.75) is 24.7 Å². The number of hydrogen-bond donors (Lipinski definition) is 1. The summed E-state index contributed by atoms with van der Waals surface area (Å²) in [5, 5.41) is 4.05. The van der Waals surface area contributed by atoms with Crippen molar-refractivity contribution in [3.63, 3.8) is 0 Å². The van der Waals surface area contributed by atoms with Crippen molar-refractivity contribution in [3.05, 3.63) is 78.4 Å². The minimum absolute atomic E-state index is 0.199. The van der Waals surface area contributed by atoms with Gasteiger partial charge < -0.3 is 4.74 Å². The van der Waals surface area contributed by atoms with Crippen molar-refractivity contribution in [1.29, 1.82) is 0 Å². The molecule has 0 saturated carbocycles. The van der Waals surface area contributed by atoms with Gasteiger partial charge in [0.15, 0.2) is 0 Å². The number of para-hydroxylation sites is 1. The van der Waals surface area contributed by atoms with Crippen LogP contribution in [0.3, 0.4) is 0 Å². The number of benzene rings is 2. The van der Waals surface area contributed by atoms with Crippen LogP contribution >= 0.6 is 0 Å². The van der Waals surface area contributed by atoms with E-state index in [1.165, 1.54) is 6.33 Å². The van der Waals surface area contributed by atoms with E-state index in [0.29, 0.717) is 30.9 Å². The Kier molecular flexibility index (Phi) is 5.73. The van der Waals surface area contributed by atoms with Crippen LogP contribution in [-0.2, 0) is 16.4 Å². The van der Waals surface area contributed by atoms with E-state index in [1.807, 2.05) is 37.4 Å². The van der Waals surface area contributed by atoms with Gasteiger partial charge in [-0.25, -0.2) is 22.6 Å². The van der Waals surface area contributed by atoms with Gasteiger partial charge in [-0.15, -0.1) is 0 Å². The second-order valence-corrected chi connectivity index (χ2v) is 8.57. The molecule has 0 saturated heterocycles. The smallest absolute Gasteiger partial charge is 0.252 e. The lowest BCUT2D eigenvalue weighted by molar-refractivity contribution is 0.478. The van der Waals surface area contributed by atoms with E-state index in [2.05, 4.69) is 19.8 Å². The van der Waals surface area contributed by atoms with Gasteiger partial charge >= 0.3 is 0 Å². The predicted molar refractivity (Wildman–Crippen MR) is 112 cm³/mol. The Morgan fingerprint density at radius 2 is 1.87 bits per heavy atom. The first-order chi connectivity index (χ1) is 14.5. The molecule has 9 heteroatoms. The predicted octanol–water partition coefficient (Wildman–Crippen LogP) is 3.14. The molecule has 1 N–H and O–H groups in total. The highest BCUT2D eigenvalue weighted by molar-refractivity contribution is 7.89. The van der Waals surface area contributed by atoms with E-state index < -0.39 is 10.0 Å². The standard InChI is InChI=1S/C21H21N5O3S/c1-16-5-2-3-7-20(16)29-18-8-10-19(11-9-18)30(27,28)25-12-4-6-17-13-22-21-23-15-24-26(21)14-17/h2-3,5,7-11,13-15,25H,4,6,12H2,1H3. The minimum Gasteiger partial charge on any atom is -0.457 e. The van der Waals surface area contributed by atoms with Crippen LogP contribution in [-0.4, -0.2) is 34.5 Å².